The van der Waals surface area contributed by atoms with Crippen LogP contribution in [-0.4, -0.2) is 14.5 Å². The van der Waals surface area contributed by atoms with Crippen molar-refractivity contribution in [1.82, 2.24) is 14.5 Å². The highest BCUT2D eigenvalue weighted by atomic mass is 16.3. The first-order valence-corrected chi connectivity index (χ1v) is 17.5. The predicted molar refractivity (Wildman–Crippen MR) is 210 cm³/mol. The number of hydrogen-bond donors (Lipinski definition) is 0. The number of aromatic nitrogens is 3. The maximum absolute atomic E-state index is 6.72. The van der Waals surface area contributed by atoms with E-state index in [1.54, 1.807) is 6.20 Å². The summed E-state index contributed by atoms with van der Waals surface area (Å²) in [6.07, 6.45) is 1.81. The van der Waals surface area contributed by atoms with Gasteiger partial charge in [-0.2, -0.15) is 0 Å². The fourth-order valence-electron chi connectivity index (χ4n) is 8.69. The number of benzene rings is 6. The third kappa shape index (κ3) is 3.90. The van der Waals surface area contributed by atoms with Crippen LogP contribution in [0.1, 0.15) is 25.0 Å². The summed E-state index contributed by atoms with van der Waals surface area (Å²) >= 11 is 0. The zero-order valence-electron chi connectivity index (χ0n) is 28.2. The molecule has 11 rings (SSSR count). The number of rotatable bonds is 3. The van der Waals surface area contributed by atoms with E-state index in [2.05, 4.69) is 157 Å². The molecule has 0 aliphatic heterocycles. The first-order chi connectivity index (χ1) is 25.1. The summed E-state index contributed by atoms with van der Waals surface area (Å²) in [6, 6.07) is 52.1. The number of hydrogen-bond acceptors (Lipinski definition) is 3. The predicted octanol–water partition coefficient (Wildman–Crippen LogP) is 12.3. The Morgan fingerprint density at radius 3 is 2.27 bits per heavy atom. The molecule has 0 spiro atoms. The molecule has 51 heavy (non-hydrogen) atoms. The van der Waals surface area contributed by atoms with E-state index in [0.717, 1.165) is 55.4 Å². The molecular formula is C47H31N3O. The quantitative estimate of drug-likeness (QED) is 0.191. The minimum Gasteiger partial charge on any atom is -0.455 e. The standard InChI is InChI=1S/C47H31N3O/c1-47(2)38-19-8-6-15-34(38)43-39(47)23-22-31-30-14-7-9-20-41(30)50(44(31)43)29-21-24-42-37(26-29)32-16-10-17-35(45(32)51-42)40-27-36(28-12-4-3-5-13-28)33-18-11-25-48-46(33)49-40/h3-27H,1-2H3. The van der Waals surface area contributed by atoms with Crippen molar-refractivity contribution in [2.24, 2.45) is 0 Å². The van der Waals surface area contributed by atoms with Gasteiger partial charge in [0.1, 0.15) is 11.2 Å². The Balaban J connectivity index is 1.16. The number of fused-ring (bicyclic) bond motifs is 11. The lowest BCUT2D eigenvalue weighted by Crippen LogP contribution is -2.14. The van der Waals surface area contributed by atoms with Crippen LogP contribution in [0.15, 0.2) is 156 Å². The third-order valence-electron chi connectivity index (χ3n) is 11.1. The molecule has 10 aromatic rings. The van der Waals surface area contributed by atoms with Gasteiger partial charge in [-0.15, -0.1) is 0 Å². The summed E-state index contributed by atoms with van der Waals surface area (Å²) in [7, 11) is 0. The minimum atomic E-state index is -0.0881. The van der Waals surface area contributed by atoms with Crippen molar-refractivity contribution < 1.29 is 4.42 Å². The number of furan rings is 1. The molecule has 0 amide bonds. The fourth-order valence-corrected chi connectivity index (χ4v) is 8.69. The number of pyridine rings is 2. The molecule has 4 aromatic heterocycles. The highest BCUT2D eigenvalue weighted by Crippen LogP contribution is 2.53. The van der Waals surface area contributed by atoms with Crippen LogP contribution in [-0.2, 0) is 5.41 Å². The van der Waals surface area contributed by atoms with Gasteiger partial charge in [0.2, 0.25) is 0 Å². The van der Waals surface area contributed by atoms with Gasteiger partial charge in [-0.05, 0) is 76.3 Å². The number of nitrogens with zero attached hydrogens (tertiary/aromatic N) is 3. The molecular weight excluding hydrogens is 623 g/mol. The molecule has 0 fully saturated rings. The van der Waals surface area contributed by atoms with Crippen molar-refractivity contribution in [3.8, 4) is 39.2 Å². The fraction of sp³-hybridized carbons (Fsp3) is 0.0638. The van der Waals surface area contributed by atoms with Crippen LogP contribution in [0.2, 0.25) is 0 Å². The summed E-state index contributed by atoms with van der Waals surface area (Å²) in [6.45, 7) is 4.70. The van der Waals surface area contributed by atoms with E-state index in [-0.39, 0.29) is 5.41 Å². The van der Waals surface area contributed by atoms with Crippen molar-refractivity contribution in [2.45, 2.75) is 19.3 Å². The van der Waals surface area contributed by atoms with E-state index >= 15 is 0 Å². The second-order valence-electron chi connectivity index (χ2n) is 14.2. The molecule has 0 radical (unpaired) electrons. The maximum Gasteiger partial charge on any atom is 0.160 e. The summed E-state index contributed by atoms with van der Waals surface area (Å²) in [4.78, 5) is 9.74. The SMILES string of the molecule is CC1(C)c2ccccc2-c2c1ccc1c3ccccc3n(-c3ccc4oc5c(-c6cc(-c7ccccc7)c7cccnc7n6)cccc5c4c3)c21. The Morgan fingerprint density at radius 1 is 0.569 bits per heavy atom. The molecule has 1 aliphatic carbocycles. The van der Waals surface area contributed by atoms with E-state index in [1.807, 2.05) is 12.1 Å². The Labute approximate surface area is 294 Å². The Morgan fingerprint density at radius 2 is 1.35 bits per heavy atom. The van der Waals surface area contributed by atoms with E-state index in [9.17, 15) is 0 Å². The molecule has 0 unspecified atom stereocenters. The smallest absolute Gasteiger partial charge is 0.160 e. The average molecular weight is 654 g/mol. The van der Waals surface area contributed by atoms with Gasteiger partial charge in [0.25, 0.3) is 0 Å². The second kappa shape index (κ2) is 10.3. The first-order valence-electron chi connectivity index (χ1n) is 17.5. The van der Waals surface area contributed by atoms with Gasteiger partial charge in [-0.1, -0.05) is 111 Å². The maximum atomic E-state index is 6.72. The van der Waals surface area contributed by atoms with Gasteiger partial charge >= 0.3 is 0 Å². The van der Waals surface area contributed by atoms with Gasteiger partial charge in [0, 0.05) is 55.4 Å². The zero-order valence-corrected chi connectivity index (χ0v) is 28.2. The van der Waals surface area contributed by atoms with Gasteiger partial charge in [-0.25, -0.2) is 9.97 Å². The van der Waals surface area contributed by atoms with Crippen LogP contribution in [0.5, 0.6) is 0 Å². The second-order valence-corrected chi connectivity index (χ2v) is 14.2. The average Bonchev–Trinajstić information content (AvgIpc) is 3.80. The van der Waals surface area contributed by atoms with Crippen molar-refractivity contribution in [3.63, 3.8) is 0 Å². The van der Waals surface area contributed by atoms with E-state index in [1.165, 1.54) is 44.1 Å². The molecule has 0 saturated carbocycles. The molecule has 4 heterocycles. The lowest BCUT2D eigenvalue weighted by molar-refractivity contribution is 0.661. The Kier molecular flexibility index (Phi) is 5.70. The van der Waals surface area contributed by atoms with Gasteiger partial charge in [0.05, 0.1) is 16.7 Å². The summed E-state index contributed by atoms with van der Waals surface area (Å²) < 4.78 is 9.19. The summed E-state index contributed by atoms with van der Waals surface area (Å²) in [5.41, 5.74) is 15.3. The van der Waals surface area contributed by atoms with Crippen LogP contribution < -0.4 is 0 Å². The summed E-state index contributed by atoms with van der Waals surface area (Å²) in [5.74, 6) is 0. The lowest BCUT2D eigenvalue weighted by atomic mass is 9.82. The van der Waals surface area contributed by atoms with Gasteiger partial charge in [0.15, 0.2) is 5.65 Å². The van der Waals surface area contributed by atoms with Crippen LogP contribution in [0.25, 0.3) is 94.0 Å². The van der Waals surface area contributed by atoms with Crippen LogP contribution in [0.3, 0.4) is 0 Å². The highest BCUT2D eigenvalue weighted by Gasteiger charge is 2.37. The van der Waals surface area contributed by atoms with Gasteiger partial charge in [-0.3, -0.25) is 0 Å². The topological polar surface area (TPSA) is 43.9 Å². The van der Waals surface area contributed by atoms with Crippen LogP contribution in [0.4, 0.5) is 0 Å². The highest BCUT2D eigenvalue weighted by molar-refractivity contribution is 6.16. The lowest BCUT2D eigenvalue weighted by Gasteiger charge is -2.21. The Bertz CT molecular complexity index is 3060. The van der Waals surface area contributed by atoms with Crippen molar-refractivity contribution >= 4 is 54.8 Å². The summed E-state index contributed by atoms with van der Waals surface area (Å²) in [5, 5.41) is 5.68. The molecule has 4 nitrogen and oxygen atoms in total. The molecule has 4 heteroatoms. The van der Waals surface area contributed by atoms with E-state index in [4.69, 9.17) is 9.40 Å². The normalized spacial score (nSPS) is 13.5. The van der Waals surface area contributed by atoms with Crippen molar-refractivity contribution in [3.05, 3.63) is 163 Å². The van der Waals surface area contributed by atoms with E-state index < -0.39 is 0 Å². The Hall–Kier alpha value is -6.52. The monoisotopic (exact) mass is 653 g/mol. The van der Waals surface area contributed by atoms with Gasteiger partial charge < -0.3 is 8.98 Å². The minimum absolute atomic E-state index is 0.0881. The molecule has 0 bridgehead atoms. The van der Waals surface area contributed by atoms with Crippen LogP contribution >= 0.6 is 0 Å². The first kappa shape index (κ1) is 28.3. The molecule has 240 valence electrons. The largest absolute Gasteiger partial charge is 0.455 e. The van der Waals surface area contributed by atoms with E-state index in [0.29, 0.717) is 5.65 Å². The molecule has 0 atom stereocenters. The molecule has 0 N–H and O–H groups in total. The molecule has 6 aromatic carbocycles. The van der Waals surface area contributed by atoms with Crippen molar-refractivity contribution in [2.75, 3.05) is 0 Å². The zero-order chi connectivity index (χ0) is 33.8. The molecule has 0 saturated heterocycles. The third-order valence-corrected chi connectivity index (χ3v) is 11.1. The van der Waals surface area contributed by atoms with Crippen molar-refractivity contribution in [1.29, 1.82) is 0 Å². The van der Waals surface area contributed by atoms with Crippen LogP contribution in [0, 0.1) is 0 Å². The molecule has 1 aliphatic rings. The number of para-hydroxylation sites is 2.